The van der Waals surface area contributed by atoms with Crippen LogP contribution in [-0.2, 0) is 0 Å². The first-order valence-electron chi connectivity index (χ1n) is 4.16. The molecule has 1 unspecified atom stereocenters. The first-order chi connectivity index (χ1) is 5.84. The Hall–Kier alpha value is -0.0800. The predicted molar refractivity (Wildman–Crippen MR) is 58.1 cm³/mol. The molecule has 0 aromatic heterocycles. The number of hydrogen-bond acceptors (Lipinski definition) is 2. The second kappa shape index (κ2) is 3.75. The molecule has 0 amide bonds. The average molecular weight is 196 g/mol. The monoisotopic (exact) mass is 196 g/mol. The second-order valence-corrected chi connectivity index (χ2v) is 5.51. The Balaban J connectivity index is 1.89. The van der Waals surface area contributed by atoms with E-state index < -0.39 is 0 Å². The van der Waals surface area contributed by atoms with Gasteiger partial charge in [-0.1, -0.05) is 17.7 Å². The van der Waals surface area contributed by atoms with E-state index in [9.17, 15) is 0 Å². The van der Waals surface area contributed by atoms with Crippen LogP contribution in [0.15, 0.2) is 29.2 Å². The molecule has 2 heteroatoms. The van der Waals surface area contributed by atoms with E-state index in [4.69, 9.17) is 0 Å². The fraction of sp³-hybridized carbons (Fsp3) is 0.400. The summed E-state index contributed by atoms with van der Waals surface area (Å²) in [4.78, 5) is 1.41. The summed E-state index contributed by atoms with van der Waals surface area (Å²) in [7, 11) is 0. The average Bonchev–Trinajstić information content (AvgIpc) is 2.87. The zero-order valence-corrected chi connectivity index (χ0v) is 8.75. The summed E-state index contributed by atoms with van der Waals surface area (Å²) in [6.45, 7) is 2.13. The lowest BCUT2D eigenvalue weighted by atomic mass is 10.2. The fourth-order valence-corrected chi connectivity index (χ4v) is 2.80. The molecule has 0 nitrogen and oxygen atoms in total. The van der Waals surface area contributed by atoms with Gasteiger partial charge >= 0.3 is 0 Å². The largest absolute Gasteiger partial charge is 0.156 e. The Bertz CT molecular complexity index is 249. The molecule has 1 aliphatic heterocycles. The van der Waals surface area contributed by atoms with Gasteiger partial charge in [-0.05, 0) is 19.1 Å². The first kappa shape index (κ1) is 8.52. The molecule has 1 aliphatic rings. The molecule has 1 atom stereocenters. The minimum atomic E-state index is 0.941. The minimum absolute atomic E-state index is 0.941. The Morgan fingerprint density at radius 3 is 2.67 bits per heavy atom. The fourth-order valence-electron chi connectivity index (χ4n) is 0.988. The lowest BCUT2D eigenvalue weighted by molar-refractivity contribution is 1.26. The summed E-state index contributed by atoms with van der Waals surface area (Å²) in [5, 5.41) is 0.941. The van der Waals surface area contributed by atoms with Crippen LogP contribution in [0.5, 0.6) is 0 Å². The molecule has 0 aliphatic carbocycles. The molecule has 1 aromatic rings. The van der Waals surface area contributed by atoms with E-state index in [1.807, 2.05) is 11.8 Å². The van der Waals surface area contributed by atoms with E-state index in [-0.39, 0.29) is 0 Å². The van der Waals surface area contributed by atoms with Crippen molar-refractivity contribution in [2.45, 2.75) is 17.1 Å². The van der Waals surface area contributed by atoms with Crippen LogP contribution in [0.1, 0.15) is 5.56 Å². The van der Waals surface area contributed by atoms with Crippen molar-refractivity contribution in [2.24, 2.45) is 0 Å². The molecular weight excluding hydrogens is 184 g/mol. The van der Waals surface area contributed by atoms with Crippen molar-refractivity contribution in [1.82, 2.24) is 0 Å². The van der Waals surface area contributed by atoms with Gasteiger partial charge in [-0.2, -0.15) is 11.8 Å². The number of thioether (sulfide) groups is 2. The lowest BCUT2D eigenvalue weighted by Crippen LogP contribution is -1.86. The third-order valence-electron chi connectivity index (χ3n) is 1.86. The molecule has 0 spiro atoms. The second-order valence-electron chi connectivity index (χ2n) is 3.08. The normalized spacial score (nSPS) is 20.9. The summed E-state index contributed by atoms with van der Waals surface area (Å²) in [5.74, 6) is 2.66. The maximum Gasteiger partial charge on any atom is 0.0232 e. The highest BCUT2D eigenvalue weighted by molar-refractivity contribution is 8.08. The van der Waals surface area contributed by atoms with Crippen LogP contribution in [0.2, 0.25) is 0 Å². The van der Waals surface area contributed by atoms with Gasteiger partial charge in [-0.3, -0.25) is 0 Å². The summed E-state index contributed by atoms with van der Waals surface area (Å²) in [6, 6.07) is 8.80. The van der Waals surface area contributed by atoms with Gasteiger partial charge in [0.05, 0.1) is 0 Å². The van der Waals surface area contributed by atoms with Gasteiger partial charge in [0, 0.05) is 21.7 Å². The topological polar surface area (TPSA) is 0 Å². The van der Waals surface area contributed by atoms with Gasteiger partial charge in [0.15, 0.2) is 0 Å². The summed E-state index contributed by atoms with van der Waals surface area (Å²) in [5.41, 5.74) is 1.35. The highest BCUT2D eigenvalue weighted by Crippen LogP contribution is 2.35. The van der Waals surface area contributed by atoms with Gasteiger partial charge in [-0.15, -0.1) is 11.8 Å². The van der Waals surface area contributed by atoms with Crippen molar-refractivity contribution in [3.05, 3.63) is 29.8 Å². The molecule has 2 rings (SSSR count). The van der Waals surface area contributed by atoms with Crippen molar-refractivity contribution < 1.29 is 0 Å². The number of rotatable bonds is 3. The maximum absolute atomic E-state index is 2.22. The van der Waals surface area contributed by atoms with Crippen LogP contribution in [0, 0.1) is 6.92 Å². The third kappa shape index (κ3) is 2.46. The van der Waals surface area contributed by atoms with Crippen LogP contribution >= 0.6 is 23.5 Å². The number of aryl methyl sites for hydroxylation is 1. The zero-order chi connectivity index (χ0) is 8.39. The van der Waals surface area contributed by atoms with Crippen molar-refractivity contribution in [3.63, 3.8) is 0 Å². The summed E-state index contributed by atoms with van der Waals surface area (Å²) < 4.78 is 0. The Morgan fingerprint density at radius 2 is 2.08 bits per heavy atom. The summed E-state index contributed by atoms with van der Waals surface area (Å²) >= 11 is 4.05. The molecule has 1 heterocycles. The quantitative estimate of drug-likeness (QED) is 0.538. The molecule has 1 saturated heterocycles. The zero-order valence-electron chi connectivity index (χ0n) is 7.12. The predicted octanol–water partition coefficient (Wildman–Crippen LogP) is 3.20. The van der Waals surface area contributed by atoms with Crippen molar-refractivity contribution >= 4 is 23.5 Å². The van der Waals surface area contributed by atoms with Gasteiger partial charge < -0.3 is 0 Å². The van der Waals surface area contributed by atoms with Crippen LogP contribution in [0.3, 0.4) is 0 Å². The Kier molecular flexibility index (Phi) is 2.66. The summed E-state index contributed by atoms with van der Waals surface area (Å²) in [6.07, 6.45) is 0. The van der Waals surface area contributed by atoms with Crippen molar-refractivity contribution in [1.29, 1.82) is 0 Å². The van der Waals surface area contributed by atoms with E-state index >= 15 is 0 Å². The molecular formula is C10H12S2. The SMILES string of the molecule is Cc1ccc(SCC2CS2)cc1. The smallest absolute Gasteiger partial charge is 0.0232 e. The number of hydrogen-bond donors (Lipinski definition) is 0. The molecule has 0 radical (unpaired) electrons. The van der Waals surface area contributed by atoms with E-state index in [1.54, 1.807) is 0 Å². The van der Waals surface area contributed by atoms with E-state index in [0.29, 0.717) is 0 Å². The molecule has 1 fully saturated rings. The third-order valence-corrected chi connectivity index (χ3v) is 4.22. The standard InChI is InChI=1S/C10H12S2/c1-8-2-4-9(5-3-8)11-6-10-7-12-10/h2-5,10H,6-7H2,1H3. The van der Waals surface area contributed by atoms with Crippen molar-refractivity contribution in [2.75, 3.05) is 11.5 Å². The molecule has 12 heavy (non-hydrogen) atoms. The van der Waals surface area contributed by atoms with Crippen molar-refractivity contribution in [3.8, 4) is 0 Å². The van der Waals surface area contributed by atoms with Gasteiger partial charge in [0.2, 0.25) is 0 Å². The van der Waals surface area contributed by atoms with Crippen LogP contribution < -0.4 is 0 Å². The maximum atomic E-state index is 2.22. The van der Waals surface area contributed by atoms with Gasteiger partial charge in [0.1, 0.15) is 0 Å². The minimum Gasteiger partial charge on any atom is -0.156 e. The molecule has 0 saturated carbocycles. The molecule has 64 valence electrons. The Morgan fingerprint density at radius 1 is 1.42 bits per heavy atom. The Labute approximate surface area is 82.1 Å². The highest BCUT2D eigenvalue weighted by Gasteiger charge is 2.21. The first-order valence-corrected chi connectivity index (χ1v) is 6.19. The van der Waals surface area contributed by atoms with E-state index in [1.165, 1.54) is 22.0 Å². The van der Waals surface area contributed by atoms with E-state index in [0.717, 1.165) is 5.25 Å². The van der Waals surface area contributed by atoms with Gasteiger partial charge in [0.25, 0.3) is 0 Å². The van der Waals surface area contributed by atoms with E-state index in [2.05, 4.69) is 43.0 Å². The molecule has 0 N–H and O–H groups in total. The number of benzene rings is 1. The van der Waals surface area contributed by atoms with Crippen LogP contribution in [0.4, 0.5) is 0 Å². The molecule has 0 bridgehead atoms. The highest BCUT2D eigenvalue weighted by atomic mass is 32.2. The van der Waals surface area contributed by atoms with Crippen LogP contribution in [-0.4, -0.2) is 16.8 Å². The lowest BCUT2D eigenvalue weighted by Gasteiger charge is -1.99. The van der Waals surface area contributed by atoms with Gasteiger partial charge in [-0.25, -0.2) is 0 Å². The molecule has 1 aromatic carbocycles. The van der Waals surface area contributed by atoms with Crippen LogP contribution in [0.25, 0.3) is 0 Å².